The van der Waals surface area contributed by atoms with Crippen LogP contribution in [0.2, 0.25) is 5.02 Å². The Hall–Kier alpha value is -2.41. The Morgan fingerprint density at radius 1 is 1.03 bits per heavy atom. The van der Waals surface area contributed by atoms with Gasteiger partial charge in [-0.2, -0.15) is 9.78 Å². The number of rotatable bonds is 4. The molecule has 4 nitrogen and oxygen atoms in total. The van der Waals surface area contributed by atoms with Gasteiger partial charge in [0.1, 0.15) is 5.82 Å². The molecule has 0 saturated heterocycles. The van der Waals surface area contributed by atoms with Crippen molar-refractivity contribution < 1.29 is 0 Å². The second-order valence-corrected chi connectivity index (χ2v) is 8.81. The van der Waals surface area contributed by atoms with Crippen molar-refractivity contribution in [2.45, 2.75) is 16.7 Å². The lowest BCUT2D eigenvalue weighted by molar-refractivity contribution is 0.771. The van der Waals surface area contributed by atoms with Crippen molar-refractivity contribution in [2.75, 3.05) is 0 Å². The number of hydrogen-bond donors (Lipinski definition) is 0. The molecule has 4 aromatic rings. The van der Waals surface area contributed by atoms with Crippen LogP contribution in [0.25, 0.3) is 10.9 Å². The molecule has 144 valence electrons. The van der Waals surface area contributed by atoms with Crippen LogP contribution in [0.15, 0.2) is 90.9 Å². The quantitative estimate of drug-likeness (QED) is 0.326. The molecular weight excluding hydrogens is 470 g/mol. The molecular formula is C22H15BrClN3OS. The molecule has 0 saturated carbocycles. The van der Waals surface area contributed by atoms with Crippen LogP contribution in [0.5, 0.6) is 0 Å². The molecule has 0 amide bonds. The Bertz CT molecular complexity index is 1270. The van der Waals surface area contributed by atoms with Gasteiger partial charge in [-0.15, -0.1) is 0 Å². The van der Waals surface area contributed by atoms with Gasteiger partial charge >= 0.3 is 0 Å². The lowest BCUT2D eigenvalue weighted by atomic mass is 10.2. The Labute approximate surface area is 185 Å². The normalized spacial score (nSPS) is 11.4. The Kier molecular flexibility index (Phi) is 5.85. The van der Waals surface area contributed by atoms with E-state index in [1.54, 1.807) is 31.0 Å². The van der Waals surface area contributed by atoms with Crippen LogP contribution >= 0.6 is 39.3 Å². The van der Waals surface area contributed by atoms with Crippen LogP contribution < -0.4 is 5.56 Å². The second kappa shape index (κ2) is 8.53. The third-order valence-corrected chi connectivity index (χ3v) is 5.98. The van der Waals surface area contributed by atoms with Crippen molar-refractivity contribution in [1.82, 2.24) is 9.66 Å². The summed E-state index contributed by atoms with van der Waals surface area (Å²) in [6.07, 6.45) is 1.66. The van der Waals surface area contributed by atoms with Crippen LogP contribution in [0.3, 0.4) is 0 Å². The average molecular weight is 485 g/mol. The van der Waals surface area contributed by atoms with E-state index in [1.807, 2.05) is 60.7 Å². The van der Waals surface area contributed by atoms with Gasteiger partial charge in [-0.25, -0.2) is 4.98 Å². The first-order valence-corrected chi connectivity index (χ1v) is 10.7. The molecule has 0 aliphatic heterocycles. The van der Waals surface area contributed by atoms with Crippen molar-refractivity contribution in [3.05, 3.63) is 98.0 Å². The molecule has 1 aromatic heterocycles. The van der Waals surface area contributed by atoms with E-state index < -0.39 is 0 Å². The summed E-state index contributed by atoms with van der Waals surface area (Å²) in [6.45, 7) is 1.77. The molecule has 0 aliphatic rings. The van der Waals surface area contributed by atoms with Crippen molar-refractivity contribution in [1.29, 1.82) is 0 Å². The Balaban J connectivity index is 1.57. The van der Waals surface area contributed by atoms with Gasteiger partial charge in [0.2, 0.25) is 0 Å². The van der Waals surface area contributed by atoms with Crippen molar-refractivity contribution in [3.8, 4) is 0 Å². The van der Waals surface area contributed by atoms with E-state index in [0.29, 0.717) is 16.7 Å². The van der Waals surface area contributed by atoms with Gasteiger partial charge in [0.15, 0.2) is 0 Å². The number of aromatic nitrogens is 2. The average Bonchev–Trinajstić information content (AvgIpc) is 2.71. The zero-order valence-electron chi connectivity index (χ0n) is 15.3. The van der Waals surface area contributed by atoms with Gasteiger partial charge < -0.3 is 0 Å². The molecule has 1 heterocycles. The van der Waals surface area contributed by atoms with E-state index >= 15 is 0 Å². The van der Waals surface area contributed by atoms with Crippen molar-refractivity contribution >= 4 is 56.4 Å². The summed E-state index contributed by atoms with van der Waals surface area (Å²) in [6, 6.07) is 21.1. The lowest BCUT2D eigenvalue weighted by Gasteiger charge is -2.06. The number of benzene rings is 3. The van der Waals surface area contributed by atoms with Crippen LogP contribution in [0.4, 0.5) is 0 Å². The SMILES string of the molecule is Cc1nc2ccc(Br)cc2c(=O)n1N=Cc1ccc(Sc2ccc(Cl)cc2)cc1. The predicted octanol–water partition coefficient (Wildman–Crippen LogP) is 6.15. The van der Waals surface area contributed by atoms with E-state index in [4.69, 9.17) is 11.6 Å². The second-order valence-electron chi connectivity index (χ2n) is 6.31. The highest BCUT2D eigenvalue weighted by Gasteiger charge is 2.07. The number of hydrogen-bond acceptors (Lipinski definition) is 4. The molecule has 0 atom stereocenters. The summed E-state index contributed by atoms with van der Waals surface area (Å²) < 4.78 is 2.16. The van der Waals surface area contributed by atoms with E-state index in [0.717, 1.165) is 24.8 Å². The zero-order chi connectivity index (χ0) is 20.4. The van der Waals surface area contributed by atoms with Crippen LogP contribution in [0, 0.1) is 6.92 Å². The topological polar surface area (TPSA) is 47.2 Å². The third-order valence-electron chi connectivity index (χ3n) is 4.22. The van der Waals surface area contributed by atoms with Crippen molar-refractivity contribution in [3.63, 3.8) is 0 Å². The highest BCUT2D eigenvalue weighted by atomic mass is 79.9. The maximum absolute atomic E-state index is 12.8. The monoisotopic (exact) mass is 483 g/mol. The van der Waals surface area contributed by atoms with Gasteiger partial charge in [0.05, 0.1) is 17.1 Å². The molecule has 0 N–H and O–H groups in total. The predicted molar refractivity (Wildman–Crippen MR) is 123 cm³/mol. The van der Waals surface area contributed by atoms with E-state index in [1.165, 1.54) is 4.68 Å². The molecule has 4 rings (SSSR count). The number of fused-ring (bicyclic) bond motifs is 1. The Morgan fingerprint density at radius 3 is 2.38 bits per heavy atom. The van der Waals surface area contributed by atoms with Crippen molar-refractivity contribution in [2.24, 2.45) is 5.10 Å². The molecule has 0 unspecified atom stereocenters. The van der Waals surface area contributed by atoms with Gasteiger partial charge in [0, 0.05) is 19.3 Å². The fraction of sp³-hybridized carbons (Fsp3) is 0.0455. The standard InChI is InChI=1S/C22H15BrClN3OS/c1-14-26-21-11-4-16(23)12-20(21)22(28)27(14)25-13-15-2-7-18(8-3-15)29-19-9-5-17(24)6-10-19/h2-13H,1H3. The van der Waals surface area contributed by atoms with E-state index in [9.17, 15) is 4.79 Å². The first-order chi connectivity index (χ1) is 14.0. The molecule has 29 heavy (non-hydrogen) atoms. The minimum absolute atomic E-state index is 0.194. The largest absolute Gasteiger partial charge is 0.282 e. The number of nitrogens with zero attached hydrogens (tertiary/aromatic N) is 3. The van der Waals surface area contributed by atoms with E-state index in [-0.39, 0.29) is 5.56 Å². The molecule has 0 bridgehead atoms. The maximum Gasteiger partial charge on any atom is 0.282 e. The molecule has 7 heteroatoms. The lowest BCUT2D eigenvalue weighted by Crippen LogP contribution is -2.20. The number of halogens is 2. The van der Waals surface area contributed by atoms with E-state index in [2.05, 4.69) is 26.0 Å². The minimum atomic E-state index is -0.194. The molecule has 0 aliphatic carbocycles. The summed E-state index contributed by atoms with van der Waals surface area (Å²) in [5.74, 6) is 0.538. The molecule has 0 fully saturated rings. The van der Waals surface area contributed by atoms with Gasteiger partial charge in [-0.3, -0.25) is 4.79 Å². The van der Waals surface area contributed by atoms with Gasteiger partial charge in [-0.05, 0) is 67.1 Å². The summed E-state index contributed by atoms with van der Waals surface area (Å²) in [5.41, 5.74) is 1.36. The highest BCUT2D eigenvalue weighted by Crippen LogP contribution is 2.28. The van der Waals surface area contributed by atoms with Crippen LogP contribution in [-0.2, 0) is 0 Å². The zero-order valence-corrected chi connectivity index (χ0v) is 18.5. The summed E-state index contributed by atoms with van der Waals surface area (Å²) in [7, 11) is 0. The Morgan fingerprint density at radius 2 is 1.69 bits per heavy atom. The fourth-order valence-corrected chi connectivity index (χ4v) is 4.08. The summed E-state index contributed by atoms with van der Waals surface area (Å²) >= 11 is 11.0. The smallest absolute Gasteiger partial charge is 0.267 e. The van der Waals surface area contributed by atoms with Crippen LogP contribution in [0.1, 0.15) is 11.4 Å². The number of aryl methyl sites for hydroxylation is 1. The van der Waals surface area contributed by atoms with Crippen LogP contribution in [-0.4, -0.2) is 15.9 Å². The van der Waals surface area contributed by atoms with Gasteiger partial charge in [0.25, 0.3) is 5.56 Å². The maximum atomic E-state index is 12.8. The first kappa shape index (κ1) is 19.9. The summed E-state index contributed by atoms with van der Waals surface area (Å²) in [5, 5.41) is 5.61. The minimum Gasteiger partial charge on any atom is -0.267 e. The molecule has 3 aromatic carbocycles. The third kappa shape index (κ3) is 4.61. The first-order valence-electron chi connectivity index (χ1n) is 8.76. The molecule has 0 radical (unpaired) electrons. The summed E-state index contributed by atoms with van der Waals surface area (Å²) in [4.78, 5) is 19.5. The molecule has 0 spiro atoms. The van der Waals surface area contributed by atoms with Gasteiger partial charge in [-0.1, -0.05) is 51.4 Å². The highest BCUT2D eigenvalue weighted by molar-refractivity contribution is 9.10. The fourth-order valence-electron chi connectivity index (χ4n) is 2.78.